The molecular formula is C26H42F12N4O6. The Kier molecular flexibility index (Phi) is 16.4. The highest BCUT2D eigenvalue weighted by atomic mass is 19.4. The Bertz CT molecular complexity index is 828. The maximum Gasteiger partial charge on any atom is 0.427 e. The average Bonchev–Trinajstić information content (AvgIpc) is 2.95. The van der Waals surface area contributed by atoms with Crippen molar-refractivity contribution < 1.29 is 81.8 Å². The summed E-state index contributed by atoms with van der Waals surface area (Å²) < 4.78 is 184. The first kappa shape index (κ1) is 42.9. The first-order valence-electron chi connectivity index (χ1n) is 15.0. The van der Waals surface area contributed by atoms with Gasteiger partial charge in [0.25, 0.3) is 11.2 Å². The van der Waals surface area contributed by atoms with E-state index in [1.807, 2.05) is 0 Å². The molecule has 2 rings (SSSR count). The lowest BCUT2D eigenvalue weighted by molar-refractivity contribution is -0.371. The third kappa shape index (κ3) is 12.8. The summed E-state index contributed by atoms with van der Waals surface area (Å²) in [4.78, 5) is 4.65. The summed E-state index contributed by atoms with van der Waals surface area (Å²) >= 11 is 0. The predicted molar refractivity (Wildman–Crippen MR) is 143 cm³/mol. The molecule has 22 heteroatoms. The van der Waals surface area contributed by atoms with Crippen molar-refractivity contribution in [2.45, 2.75) is 35.9 Å². The van der Waals surface area contributed by atoms with E-state index in [0.717, 1.165) is 0 Å². The van der Waals surface area contributed by atoms with Crippen molar-refractivity contribution in [1.29, 1.82) is 0 Å². The van der Waals surface area contributed by atoms with Crippen molar-refractivity contribution in [2.75, 3.05) is 131 Å². The van der Waals surface area contributed by atoms with Crippen LogP contribution < -0.4 is 0 Å². The van der Waals surface area contributed by atoms with Gasteiger partial charge in [-0.2, -0.15) is 52.7 Å². The Hall–Kier alpha value is -1.24. The van der Waals surface area contributed by atoms with Crippen LogP contribution in [-0.2, 0) is 18.9 Å². The molecule has 2 aliphatic heterocycles. The number of hydrogen-bond acceptors (Lipinski definition) is 10. The minimum atomic E-state index is -6.12. The van der Waals surface area contributed by atoms with Crippen molar-refractivity contribution in [3.05, 3.63) is 0 Å². The zero-order chi connectivity index (χ0) is 36.3. The molecule has 0 spiro atoms. The molecule has 0 radical (unpaired) electrons. The molecule has 286 valence electrons. The fourth-order valence-electron chi connectivity index (χ4n) is 4.79. The van der Waals surface area contributed by atoms with Gasteiger partial charge in [0.15, 0.2) is 0 Å². The van der Waals surface area contributed by atoms with E-state index in [9.17, 15) is 62.9 Å². The lowest BCUT2D eigenvalue weighted by Gasteiger charge is -2.38. The number of nitrogens with zero attached hydrogens (tertiary/aromatic N) is 4. The molecule has 2 heterocycles. The Labute approximate surface area is 269 Å². The summed E-state index contributed by atoms with van der Waals surface area (Å²) in [5.41, 5.74) is -10.2. The smallest absolute Gasteiger partial charge is 0.379 e. The molecule has 2 bridgehead atoms. The molecule has 2 N–H and O–H groups in total. The first-order chi connectivity index (χ1) is 22.1. The lowest BCUT2D eigenvalue weighted by Crippen LogP contribution is -2.63. The molecule has 2 unspecified atom stereocenters. The van der Waals surface area contributed by atoms with Crippen LogP contribution in [0.15, 0.2) is 0 Å². The van der Waals surface area contributed by atoms with Gasteiger partial charge in [-0.15, -0.1) is 0 Å². The van der Waals surface area contributed by atoms with E-state index in [1.54, 1.807) is 9.80 Å². The first-order valence-corrected chi connectivity index (χ1v) is 15.0. The molecule has 0 aromatic rings. The van der Waals surface area contributed by atoms with Gasteiger partial charge in [-0.3, -0.25) is 19.6 Å². The molecule has 10 nitrogen and oxygen atoms in total. The minimum absolute atomic E-state index is 0.0544. The van der Waals surface area contributed by atoms with Crippen molar-refractivity contribution in [2.24, 2.45) is 0 Å². The van der Waals surface area contributed by atoms with Gasteiger partial charge in [0.05, 0.1) is 52.9 Å². The van der Waals surface area contributed by atoms with Gasteiger partial charge in [-0.05, 0) is 0 Å². The number of ether oxygens (including phenoxy) is 4. The van der Waals surface area contributed by atoms with Gasteiger partial charge in [0, 0.05) is 78.5 Å². The molecule has 0 amide bonds. The van der Waals surface area contributed by atoms with Gasteiger partial charge in [0.1, 0.15) is 0 Å². The molecule has 0 saturated carbocycles. The zero-order valence-corrected chi connectivity index (χ0v) is 26.0. The minimum Gasteiger partial charge on any atom is -0.379 e. The van der Waals surface area contributed by atoms with E-state index in [1.165, 1.54) is 0 Å². The second kappa shape index (κ2) is 18.3. The quantitative estimate of drug-likeness (QED) is 0.331. The molecule has 0 aromatic carbocycles. The number of alkyl halides is 12. The largest absolute Gasteiger partial charge is 0.427 e. The van der Waals surface area contributed by atoms with E-state index in [4.69, 9.17) is 18.9 Å². The summed E-state index contributed by atoms with van der Waals surface area (Å²) in [7, 11) is 0. The number of rotatable bonds is 4. The van der Waals surface area contributed by atoms with Crippen LogP contribution in [-0.4, -0.2) is 197 Å². The Morgan fingerprint density at radius 1 is 0.354 bits per heavy atom. The topological polar surface area (TPSA) is 90.3 Å². The molecule has 2 saturated heterocycles. The summed E-state index contributed by atoms with van der Waals surface area (Å²) in [5, 5.41) is 19.6. The number of hydrogen-bond donors (Lipinski definition) is 2. The van der Waals surface area contributed by atoms with Crippen LogP contribution in [0.25, 0.3) is 0 Å². The zero-order valence-electron chi connectivity index (χ0n) is 26.0. The number of halogens is 12. The third-order valence-corrected chi connectivity index (χ3v) is 7.93. The Morgan fingerprint density at radius 2 is 0.604 bits per heavy atom. The van der Waals surface area contributed by atoms with Crippen molar-refractivity contribution in [3.63, 3.8) is 0 Å². The predicted octanol–water partition coefficient (Wildman–Crippen LogP) is 2.00. The molecule has 0 aliphatic carbocycles. The van der Waals surface area contributed by atoms with Crippen LogP contribution in [0, 0.1) is 0 Å². The van der Waals surface area contributed by atoms with E-state index < -0.39 is 88.4 Å². The van der Waals surface area contributed by atoms with Gasteiger partial charge in [-0.1, -0.05) is 0 Å². The second-order valence-corrected chi connectivity index (χ2v) is 11.4. The summed E-state index contributed by atoms with van der Waals surface area (Å²) in [6, 6.07) is 0. The summed E-state index contributed by atoms with van der Waals surface area (Å²) in [6.07, 6.45) is -24.5. The van der Waals surface area contributed by atoms with Gasteiger partial charge >= 0.3 is 24.7 Å². The van der Waals surface area contributed by atoms with Crippen molar-refractivity contribution in [3.8, 4) is 0 Å². The average molecular weight is 735 g/mol. The maximum atomic E-state index is 13.5. The van der Waals surface area contributed by atoms with Crippen molar-refractivity contribution in [1.82, 2.24) is 19.6 Å². The van der Waals surface area contributed by atoms with Gasteiger partial charge < -0.3 is 29.2 Å². The number of fused-ring (bicyclic) bond motifs is 6. The molecular weight excluding hydrogens is 692 g/mol. The lowest BCUT2D eigenvalue weighted by atomic mass is 10.0. The standard InChI is InChI=1S/C26H42F12N4O6/c27-23(28,29)21(43,24(30,31)32)19-41-3-1-39-5-11-45-12-6-40(8-14-48-18-17-47-13-7-39)2-4-42(10-16-46-15-9-41)20-22(44,25(33,34)35)26(36,37)38/h43-44H,1-20H2. The normalized spacial score (nSPS) is 25.1. The second-order valence-electron chi connectivity index (χ2n) is 11.4. The van der Waals surface area contributed by atoms with Crippen LogP contribution in [0.4, 0.5) is 52.7 Å². The van der Waals surface area contributed by atoms with E-state index in [2.05, 4.69) is 0 Å². The van der Waals surface area contributed by atoms with Crippen molar-refractivity contribution >= 4 is 0 Å². The van der Waals surface area contributed by atoms with Gasteiger partial charge in [0.2, 0.25) is 0 Å². The highest BCUT2D eigenvalue weighted by Gasteiger charge is 2.71. The third-order valence-electron chi connectivity index (χ3n) is 7.93. The van der Waals surface area contributed by atoms with E-state index in [-0.39, 0.29) is 78.9 Å². The fourth-order valence-corrected chi connectivity index (χ4v) is 4.79. The van der Waals surface area contributed by atoms with E-state index in [0.29, 0.717) is 9.80 Å². The SMILES string of the molecule is OC(CN1CCOCCN(CC(O)(C(F)(F)F)C(F)(F)F)CCN2CCOCCOCCN(CCOCC2)CC1)(C(F)(F)F)C(F)(F)F. The van der Waals surface area contributed by atoms with E-state index >= 15 is 0 Å². The molecule has 2 aliphatic rings. The number of β-amino-alcohol motifs (C(OH)–C–C–N with tert-alkyl or cyclic N) is 2. The van der Waals surface area contributed by atoms with Crippen LogP contribution >= 0.6 is 0 Å². The monoisotopic (exact) mass is 734 g/mol. The highest BCUT2D eigenvalue weighted by molar-refractivity contribution is 4.98. The Morgan fingerprint density at radius 3 is 0.875 bits per heavy atom. The molecule has 0 aromatic heterocycles. The van der Waals surface area contributed by atoms with Crippen LogP contribution in [0.5, 0.6) is 0 Å². The van der Waals surface area contributed by atoms with Gasteiger partial charge in [-0.25, -0.2) is 0 Å². The molecule has 48 heavy (non-hydrogen) atoms. The van der Waals surface area contributed by atoms with Crippen LogP contribution in [0.2, 0.25) is 0 Å². The van der Waals surface area contributed by atoms with Crippen LogP contribution in [0.3, 0.4) is 0 Å². The van der Waals surface area contributed by atoms with Crippen LogP contribution in [0.1, 0.15) is 0 Å². The maximum absolute atomic E-state index is 13.5. The number of aliphatic hydroxyl groups is 2. The fraction of sp³-hybridized carbons (Fsp3) is 1.00. The summed E-state index contributed by atoms with van der Waals surface area (Å²) in [6.45, 7) is -5.99. The molecule has 2 atom stereocenters. The summed E-state index contributed by atoms with van der Waals surface area (Å²) in [5.74, 6) is 0. The Balaban J connectivity index is 2.37. The highest BCUT2D eigenvalue weighted by Crippen LogP contribution is 2.44. The molecule has 2 fully saturated rings.